The number of halogens is 2. The minimum atomic E-state index is -3.02. The summed E-state index contributed by atoms with van der Waals surface area (Å²) in [6.45, 7) is -3.02. The number of rotatable bonds is 6. The number of benzene rings is 1. The number of carboxylic acid groups (broad SMARTS) is 1. The maximum Gasteiger partial charge on any atom is 0.387 e. The second-order valence-corrected chi connectivity index (χ2v) is 6.00. The molecule has 1 saturated carbocycles. The summed E-state index contributed by atoms with van der Waals surface area (Å²) in [6, 6.07) is 3.74. The molecule has 1 amide bonds. The lowest BCUT2D eigenvalue weighted by Crippen LogP contribution is -2.54. The molecule has 0 aromatic heterocycles. The van der Waals surface area contributed by atoms with Crippen molar-refractivity contribution < 1.29 is 33.0 Å². The second kappa shape index (κ2) is 8.13. The summed E-state index contributed by atoms with van der Waals surface area (Å²) < 4.78 is 34.0. The molecular formula is C17H21F2NO5. The molecule has 0 saturated heterocycles. The number of amides is 1. The highest BCUT2D eigenvalue weighted by Crippen LogP contribution is 2.31. The van der Waals surface area contributed by atoms with Crippen molar-refractivity contribution in [2.24, 2.45) is 0 Å². The molecule has 0 spiro atoms. The number of aliphatic carboxylic acids is 1. The van der Waals surface area contributed by atoms with Crippen LogP contribution in [-0.4, -0.2) is 36.2 Å². The van der Waals surface area contributed by atoms with Crippen molar-refractivity contribution >= 4 is 11.9 Å². The summed E-state index contributed by atoms with van der Waals surface area (Å²) in [5.41, 5.74) is -1.19. The third-order valence-corrected chi connectivity index (χ3v) is 4.36. The molecule has 0 aliphatic heterocycles. The van der Waals surface area contributed by atoms with Crippen LogP contribution in [0.15, 0.2) is 18.2 Å². The van der Waals surface area contributed by atoms with Crippen molar-refractivity contribution in [3.05, 3.63) is 23.8 Å². The molecule has 0 unspecified atom stereocenters. The van der Waals surface area contributed by atoms with E-state index in [0.717, 1.165) is 25.7 Å². The van der Waals surface area contributed by atoms with Gasteiger partial charge in [0.15, 0.2) is 11.5 Å². The van der Waals surface area contributed by atoms with Gasteiger partial charge in [0.05, 0.1) is 7.11 Å². The summed E-state index contributed by atoms with van der Waals surface area (Å²) in [4.78, 5) is 24.3. The van der Waals surface area contributed by atoms with E-state index < -0.39 is 24.0 Å². The van der Waals surface area contributed by atoms with E-state index in [2.05, 4.69) is 10.1 Å². The largest absolute Gasteiger partial charge is 0.493 e. The predicted molar refractivity (Wildman–Crippen MR) is 85.2 cm³/mol. The first kappa shape index (κ1) is 19.0. The number of carboxylic acids is 1. The van der Waals surface area contributed by atoms with Crippen molar-refractivity contribution in [3.8, 4) is 11.5 Å². The molecule has 25 heavy (non-hydrogen) atoms. The molecule has 1 aliphatic carbocycles. The van der Waals surface area contributed by atoms with Gasteiger partial charge in [0.1, 0.15) is 5.54 Å². The fourth-order valence-electron chi connectivity index (χ4n) is 3.02. The third-order valence-electron chi connectivity index (χ3n) is 4.36. The molecular weight excluding hydrogens is 336 g/mol. The summed E-state index contributed by atoms with van der Waals surface area (Å²) in [5, 5.41) is 12.2. The standard InChI is InChI=1S/C17H21F2NO5/c1-24-13-10-11(6-7-12(13)25-16(18)19)14(21)20-17(15(22)23)8-4-2-3-5-9-17/h6-7,10,16H,2-5,8-9H2,1H3,(H,20,21)(H,22,23). The van der Waals surface area contributed by atoms with E-state index >= 15 is 0 Å². The Morgan fingerprint density at radius 1 is 1.16 bits per heavy atom. The Labute approximate surface area is 144 Å². The predicted octanol–water partition coefficient (Wildman–Crippen LogP) is 3.20. The van der Waals surface area contributed by atoms with Crippen LogP contribution in [0, 0.1) is 0 Å². The lowest BCUT2D eigenvalue weighted by Gasteiger charge is -2.29. The van der Waals surface area contributed by atoms with Gasteiger partial charge in [-0.2, -0.15) is 8.78 Å². The summed E-state index contributed by atoms with van der Waals surface area (Å²) in [6.07, 6.45) is 4.01. The van der Waals surface area contributed by atoms with Crippen LogP contribution in [0.4, 0.5) is 8.78 Å². The quantitative estimate of drug-likeness (QED) is 0.764. The number of carbonyl (C=O) groups is 2. The lowest BCUT2D eigenvalue weighted by atomic mass is 9.90. The molecule has 8 heteroatoms. The molecule has 0 radical (unpaired) electrons. The van der Waals surface area contributed by atoms with Crippen LogP contribution in [0.1, 0.15) is 48.9 Å². The van der Waals surface area contributed by atoms with Crippen molar-refractivity contribution in [3.63, 3.8) is 0 Å². The SMILES string of the molecule is COc1cc(C(=O)NC2(C(=O)O)CCCCCC2)ccc1OC(F)F. The molecule has 0 atom stereocenters. The monoisotopic (exact) mass is 357 g/mol. The molecule has 6 nitrogen and oxygen atoms in total. The van der Waals surface area contributed by atoms with Gasteiger partial charge < -0.3 is 19.9 Å². The molecule has 2 rings (SSSR count). The first-order chi connectivity index (χ1) is 11.9. The zero-order chi connectivity index (χ0) is 18.4. The van der Waals surface area contributed by atoms with Crippen LogP contribution in [0.25, 0.3) is 0 Å². The van der Waals surface area contributed by atoms with Crippen LogP contribution >= 0.6 is 0 Å². The maximum atomic E-state index is 12.5. The van der Waals surface area contributed by atoms with E-state index in [1.54, 1.807) is 0 Å². The molecule has 1 aromatic rings. The number of hydrogen-bond donors (Lipinski definition) is 2. The van der Waals surface area contributed by atoms with E-state index in [9.17, 15) is 23.5 Å². The van der Waals surface area contributed by atoms with Gasteiger partial charge in [-0.15, -0.1) is 0 Å². The normalized spacial score (nSPS) is 16.8. The Morgan fingerprint density at radius 3 is 2.32 bits per heavy atom. The van der Waals surface area contributed by atoms with Gasteiger partial charge in [-0.1, -0.05) is 25.7 Å². The van der Waals surface area contributed by atoms with E-state index in [1.165, 1.54) is 25.3 Å². The summed E-state index contributed by atoms with van der Waals surface area (Å²) in [5.74, 6) is -1.88. The maximum absolute atomic E-state index is 12.5. The fraction of sp³-hybridized carbons (Fsp3) is 0.529. The average molecular weight is 357 g/mol. The number of nitrogens with one attached hydrogen (secondary N) is 1. The van der Waals surface area contributed by atoms with Crippen LogP contribution < -0.4 is 14.8 Å². The Balaban J connectivity index is 2.22. The molecule has 0 heterocycles. The Hall–Kier alpha value is -2.38. The van der Waals surface area contributed by atoms with Gasteiger partial charge in [-0.05, 0) is 31.0 Å². The zero-order valence-corrected chi connectivity index (χ0v) is 13.9. The van der Waals surface area contributed by atoms with Gasteiger partial charge in [0, 0.05) is 5.56 Å². The first-order valence-corrected chi connectivity index (χ1v) is 8.07. The van der Waals surface area contributed by atoms with E-state index in [0.29, 0.717) is 12.8 Å². The summed E-state index contributed by atoms with van der Waals surface area (Å²) >= 11 is 0. The smallest absolute Gasteiger partial charge is 0.387 e. The van der Waals surface area contributed by atoms with E-state index in [4.69, 9.17) is 4.74 Å². The van der Waals surface area contributed by atoms with Gasteiger partial charge >= 0.3 is 12.6 Å². The molecule has 2 N–H and O–H groups in total. The van der Waals surface area contributed by atoms with Crippen LogP contribution in [0.2, 0.25) is 0 Å². The molecule has 138 valence electrons. The number of hydrogen-bond acceptors (Lipinski definition) is 4. The van der Waals surface area contributed by atoms with Crippen molar-refractivity contribution in [2.45, 2.75) is 50.7 Å². The zero-order valence-electron chi connectivity index (χ0n) is 13.9. The second-order valence-electron chi connectivity index (χ2n) is 6.00. The highest BCUT2D eigenvalue weighted by Gasteiger charge is 2.40. The molecule has 1 aliphatic rings. The Kier molecular flexibility index (Phi) is 6.17. The Bertz CT molecular complexity index is 627. The minimum Gasteiger partial charge on any atom is -0.493 e. The summed E-state index contributed by atoms with van der Waals surface area (Å²) in [7, 11) is 1.26. The Morgan fingerprint density at radius 2 is 1.80 bits per heavy atom. The highest BCUT2D eigenvalue weighted by atomic mass is 19.3. The highest BCUT2D eigenvalue weighted by molar-refractivity contribution is 5.98. The molecule has 0 bridgehead atoms. The van der Waals surface area contributed by atoms with Gasteiger partial charge in [-0.25, -0.2) is 4.79 Å². The number of ether oxygens (including phenoxy) is 2. The minimum absolute atomic E-state index is 0.0295. The van der Waals surface area contributed by atoms with Crippen LogP contribution in [0.3, 0.4) is 0 Å². The van der Waals surface area contributed by atoms with Gasteiger partial charge in [0.2, 0.25) is 0 Å². The van der Waals surface area contributed by atoms with Crippen molar-refractivity contribution in [2.75, 3.05) is 7.11 Å². The lowest BCUT2D eigenvalue weighted by molar-refractivity contribution is -0.145. The molecule has 1 aromatic carbocycles. The van der Waals surface area contributed by atoms with Gasteiger partial charge in [-0.3, -0.25) is 4.79 Å². The van der Waals surface area contributed by atoms with E-state index in [-0.39, 0.29) is 17.1 Å². The topological polar surface area (TPSA) is 84.9 Å². The number of carbonyl (C=O) groups excluding carboxylic acids is 1. The third kappa shape index (κ3) is 4.58. The van der Waals surface area contributed by atoms with E-state index in [1.807, 2.05) is 0 Å². The average Bonchev–Trinajstić information content (AvgIpc) is 2.81. The fourth-order valence-corrected chi connectivity index (χ4v) is 3.02. The van der Waals surface area contributed by atoms with Crippen LogP contribution in [-0.2, 0) is 4.79 Å². The number of methoxy groups -OCH3 is 1. The number of alkyl halides is 2. The first-order valence-electron chi connectivity index (χ1n) is 8.07. The van der Waals surface area contributed by atoms with Crippen LogP contribution in [0.5, 0.6) is 11.5 Å². The molecule has 1 fully saturated rings. The van der Waals surface area contributed by atoms with Crippen molar-refractivity contribution in [1.82, 2.24) is 5.32 Å². The van der Waals surface area contributed by atoms with Gasteiger partial charge in [0.25, 0.3) is 5.91 Å². The van der Waals surface area contributed by atoms with Crippen molar-refractivity contribution in [1.29, 1.82) is 0 Å².